The predicted molar refractivity (Wildman–Crippen MR) is 158 cm³/mol. The van der Waals surface area contributed by atoms with Crippen LogP contribution in [0, 0.1) is 5.82 Å². The molecule has 0 saturated carbocycles. The zero-order chi connectivity index (χ0) is 31.4. The average molecular weight is 616 g/mol. The number of amides is 3. The van der Waals surface area contributed by atoms with Crippen molar-refractivity contribution in [2.75, 3.05) is 11.9 Å². The Balaban J connectivity index is 1.52. The molecule has 12 nitrogen and oxygen atoms in total. The van der Waals surface area contributed by atoms with Gasteiger partial charge in [-0.15, -0.1) is 5.10 Å². The van der Waals surface area contributed by atoms with Gasteiger partial charge in [-0.1, -0.05) is 29.8 Å². The summed E-state index contributed by atoms with van der Waals surface area (Å²) in [5.74, 6) is -3.73. The maximum atomic E-state index is 15.1. The van der Waals surface area contributed by atoms with E-state index in [-0.39, 0.29) is 28.4 Å². The number of carbonyl (C=O) groups is 4. The number of nitrogens with zero attached hydrogens (tertiary/aromatic N) is 5. The molecule has 0 radical (unpaired) electrons. The second-order valence-electron chi connectivity index (χ2n) is 9.59. The number of hydrogen-bond acceptors (Lipinski definition) is 7. The highest BCUT2D eigenvalue weighted by molar-refractivity contribution is 6.31. The van der Waals surface area contributed by atoms with Crippen molar-refractivity contribution >= 4 is 53.1 Å². The quantitative estimate of drug-likeness (QED) is 0.253. The maximum Gasteiger partial charge on any atom is 0.335 e. The molecule has 3 amide bonds. The SMILES string of the molecule is NC(=O)/C=C/c1cccc2c1CCN(C(=O)/C=C/c1c(-n3cnnn3)ccc(Cl)c1F)C2C(=O)Nc1ccc(C(=O)O)cc1. The van der Waals surface area contributed by atoms with Crippen LogP contribution in [0.25, 0.3) is 17.8 Å². The van der Waals surface area contributed by atoms with Crippen LogP contribution in [-0.4, -0.2) is 60.4 Å². The highest BCUT2D eigenvalue weighted by Gasteiger charge is 2.36. The zero-order valence-electron chi connectivity index (χ0n) is 22.7. The smallest absolute Gasteiger partial charge is 0.335 e. The number of hydrogen-bond donors (Lipinski definition) is 3. The number of carboxylic acids is 1. The monoisotopic (exact) mass is 615 g/mol. The highest BCUT2D eigenvalue weighted by atomic mass is 35.5. The lowest BCUT2D eigenvalue weighted by Gasteiger charge is -2.36. The van der Waals surface area contributed by atoms with E-state index in [2.05, 4.69) is 20.8 Å². The van der Waals surface area contributed by atoms with Gasteiger partial charge in [-0.25, -0.2) is 9.18 Å². The summed E-state index contributed by atoms with van der Waals surface area (Å²) in [6, 6.07) is 12.4. The summed E-state index contributed by atoms with van der Waals surface area (Å²) in [7, 11) is 0. The van der Waals surface area contributed by atoms with Crippen LogP contribution in [0.1, 0.15) is 38.7 Å². The molecule has 1 unspecified atom stereocenters. The Morgan fingerprint density at radius 1 is 1.05 bits per heavy atom. The third-order valence-electron chi connectivity index (χ3n) is 6.91. The summed E-state index contributed by atoms with van der Waals surface area (Å²) in [6.45, 7) is 0.103. The molecule has 4 aromatic rings. The van der Waals surface area contributed by atoms with Crippen LogP contribution in [0.5, 0.6) is 0 Å². The van der Waals surface area contributed by atoms with Gasteiger partial charge in [0.2, 0.25) is 11.8 Å². The number of carbonyl (C=O) groups excluding carboxylic acids is 3. The molecule has 0 bridgehead atoms. The molecule has 1 aromatic heterocycles. The number of carboxylic acid groups (broad SMARTS) is 1. The molecule has 0 fully saturated rings. The van der Waals surface area contributed by atoms with Gasteiger partial charge in [-0.2, -0.15) is 4.68 Å². The van der Waals surface area contributed by atoms with Crippen LogP contribution in [0.4, 0.5) is 10.1 Å². The first kappa shape index (κ1) is 29.8. The molecule has 44 heavy (non-hydrogen) atoms. The summed E-state index contributed by atoms with van der Waals surface area (Å²) in [4.78, 5) is 51.4. The van der Waals surface area contributed by atoms with Crippen LogP contribution < -0.4 is 11.1 Å². The van der Waals surface area contributed by atoms with Gasteiger partial charge >= 0.3 is 5.97 Å². The fraction of sp³-hybridized carbons (Fsp3) is 0.100. The predicted octanol–water partition coefficient (Wildman–Crippen LogP) is 3.43. The van der Waals surface area contributed by atoms with Crippen molar-refractivity contribution in [3.8, 4) is 5.69 Å². The van der Waals surface area contributed by atoms with Gasteiger partial charge in [0.25, 0.3) is 5.91 Å². The fourth-order valence-corrected chi connectivity index (χ4v) is 5.05. The number of aromatic nitrogens is 4. The molecule has 1 aliphatic heterocycles. The minimum Gasteiger partial charge on any atom is -0.478 e. The molecule has 4 N–H and O–H groups in total. The molecule has 3 aromatic carbocycles. The van der Waals surface area contributed by atoms with E-state index in [1.807, 2.05) is 0 Å². The molecule has 1 atom stereocenters. The van der Waals surface area contributed by atoms with Gasteiger partial charge in [0.15, 0.2) is 5.82 Å². The minimum absolute atomic E-state index is 0.0353. The Morgan fingerprint density at radius 2 is 1.82 bits per heavy atom. The molecule has 0 spiro atoms. The Hall–Kier alpha value is -5.69. The fourth-order valence-electron chi connectivity index (χ4n) is 4.89. The van der Waals surface area contributed by atoms with Crippen molar-refractivity contribution in [1.29, 1.82) is 0 Å². The van der Waals surface area contributed by atoms with Crippen LogP contribution in [0.2, 0.25) is 5.02 Å². The number of halogens is 2. The number of tetrazole rings is 1. The van der Waals surface area contributed by atoms with Gasteiger partial charge in [0, 0.05) is 29.9 Å². The summed E-state index contributed by atoms with van der Waals surface area (Å²) in [5.41, 5.74) is 7.71. The summed E-state index contributed by atoms with van der Waals surface area (Å²) in [6.07, 6.45) is 6.72. The van der Waals surface area contributed by atoms with Gasteiger partial charge in [0.05, 0.1) is 16.3 Å². The van der Waals surface area contributed by atoms with Gasteiger partial charge in [0.1, 0.15) is 12.4 Å². The van der Waals surface area contributed by atoms with E-state index in [0.717, 1.165) is 11.6 Å². The zero-order valence-corrected chi connectivity index (χ0v) is 23.5. The Kier molecular flexibility index (Phi) is 8.58. The molecule has 0 aliphatic carbocycles. The Labute approximate surface area is 254 Å². The molecule has 222 valence electrons. The van der Waals surface area contributed by atoms with E-state index in [4.69, 9.17) is 17.3 Å². The average Bonchev–Trinajstić information content (AvgIpc) is 3.55. The molecular weight excluding hydrogens is 593 g/mol. The van der Waals surface area contributed by atoms with Gasteiger partial charge < -0.3 is 21.1 Å². The molecule has 0 saturated heterocycles. The first-order valence-corrected chi connectivity index (χ1v) is 13.5. The second-order valence-corrected chi connectivity index (χ2v) is 10.00. The molecule has 14 heteroatoms. The molecule has 5 rings (SSSR count). The first-order valence-electron chi connectivity index (χ1n) is 13.1. The van der Waals surface area contributed by atoms with Crippen molar-refractivity contribution in [3.05, 3.63) is 112 Å². The van der Waals surface area contributed by atoms with Gasteiger partial charge in [-0.05, 0) is 82.1 Å². The lowest BCUT2D eigenvalue weighted by Crippen LogP contribution is -2.45. The van der Waals surface area contributed by atoms with Crippen molar-refractivity contribution < 1.29 is 28.7 Å². The molecule has 1 aliphatic rings. The standard InChI is InChI=1S/C30H23ClFN7O5/c31-23-10-11-24(39-16-34-36-37-39)22(27(23)32)9-13-26(41)38-15-14-20-17(6-12-25(33)40)2-1-3-21(20)28(38)29(42)35-19-7-4-18(5-8-19)30(43)44/h1-13,16,28H,14-15H2,(H2,33,40)(H,35,42)(H,43,44)/b12-6+,13-9+. The third kappa shape index (κ3) is 6.22. The van der Waals surface area contributed by atoms with E-state index in [1.54, 1.807) is 24.3 Å². The number of fused-ring (bicyclic) bond motifs is 1. The summed E-state index contributed by atoms with van der Waals surface area (Å²) < 4.78 is 16.3. The third-order valence-corrected chi connectivity index (χ3v) is 7.21. The molecule has 2 heterocycles. The van der Waals surface area contributed by atoms with Crippen LogP contribution in [0.15, 0.2) is 73.1 Å². The maximum absolute atomic E-state index is 15.1. The second kappa shape index (κ2) is 12.7. The first-order chi connectivity index (χ1) is 21.1. The van der Waals surface area contributed by atoms with E-state index >= 15 is 4.39 Å². The number of anilines is 1. The topological polar surface area (TPSA) is 173 Å². The van der Waals surface area contributed by atoms with E-state index in [9.17, 15) is 24.3 Å². The number of nitrogens with one attached hydrogen (secondary N) is 1. The molecular formula is C30H23ClFN7O5. The lowest BCUT2D eigenvalue weighted by molar-refractivity contribution is -0.135. The van der Waals surface area contributed by atoms with Crippen molar-refractivity contribution in [3.63, 3.8) is 0 Å². The van der Waals surface area contributed by atoms with Crippen LogP contribution >= 0.6 is 11.6 Å². The van der Waals surface area contributed by atoms with E-state index in [0.29, 0.717) is 23.2 Å². The number of aromatic carboxylic acids is 1. The number of rotatable bonds is 8. The summed E-state index contributed by atoms with van der Waals surface area (Å²) >= 11 is 6.01. The van der Waals surface area contributed by atoms with E-state index < -0.39 is 35.5 Å². The van der Waals surface area contributed by atoms with Crippen LogP contribution in [-0.2, 0) is 20.8 Å². The Morgan fingerprint density at radius 3 is 2.50 bits per heavy atom. The van der Waals surface area contributed by atoms with Crippen molar-refractivity contribution in [2.45, 2.75) is 12.5 Å². The normalized spacial score (nSPS) is 14.5. The lowest BCUT2D eigenvalue weighted by atomic mass is 9.88. The largest absolute Gasteiger partial charge is 0.478 e. The van der Waals surface area contributed by atoms with Gasteiger partial charge in [-0.3, -0.25) is 14.4 Å². The highest BCUT2D eigenvalue weighted by Crippen LogP contribution is 2.34. The van der Waals surface area contributed by atoms with Crippen molar-refractivity contribution in [2.24, 2.45) is 5.73 Å². The van der Waals surface area contributed by atoms with E-state index in [1.165, 1.54) is 64.5 Å². The number of primary amides is 1. The number of benzene rings is 3. The Bertz CT molecular complexity index is 1820. The van der Waals surface area contributed by atoms with Crippen molar-refractivity contribution in [1.82, 2.24) is 25.1 Å². The van der Waals surface area contributed by atoms with Crippen LogP contribution in [0.3, 0.4) is 0 Å². The minimum atomic E-state index is -1.14. The number of nitrogens with two attached hydrogens (primary N) is 1. The summed E-state index contributed by atoms with van der Waals surface area (Å²) in [5, 5.41) is 22.7.